The molecule has 0 radical (unpaired) electrons. The normalized spacial score (nSPS) is 26.5. The van der Waals surface area contributed by atoms with Gasteiger partial charge in [0.15, 0.2) is 11.5 Å². The third-order valence-corrected chi connectivity index (χ3v) is 5.74. The number of carbonyl (C=O) groups is 2. The molecule has 0 bridgehead atoms. The van der Waals surface area contributed by atoms with E-state index in [1.165, 1.54) is 0 Å². The summed E-state index contributed by atoms with van der Waals surface area (Å²) < 4.78 is 5.88. The summed E-state index contributed by atoms with van der Waals surface area (Å²) in [7, 11) is 1.74. The Morgan fingerprint density at radius 2 is 2.08 bits per heavy atom. The van der Waals surface area contributed by atoms with Crippen LogP contribution in [0.15, 0.2) is 22.6 Å². The molecule has 6 nitrogen and oxygen atoms in total. The summed E-state index contributed by atoms with van der Waals surface area (Å²) in [5, 5.41) is 3.77. The van der Waals surface area contributed by atoms with Crippen LogP contribution in [0.1, 0.15) is 43.9 Å². The van der Waals surface area contributed by atoms with Crippen molar-refractivity contribution in [1.29, 1.82) is 0 Å². The highest BCUT2D eigenvalue weighted by Crippen LogP contribution is 2.34. The molecule has 2 fully saturated rings. The van der Waals surface area contributed by atoms with E-state index >= 15 is 0 Å². The number of nitrogens with zero attached hydrogens (tertiary/aromatic N) is 2. The van der Waals surface area contributed by atoms with Crippen molar-refractivity contribution in [2.45, 2.75) is 44.1 Å². The van der Waals surface area contributed by atoms with Crippen LogP contribution in [0.3, 0.4) is 0 Å². The molecule has 2 aliphatic rings. The zero-order valence-electron chi connectivity index (χ0n) is 14.7. The Morgan fingerprint density at radius 1 is 1.31 bits per heavy atom. The van der Waals surface area contributed by atoms with Crippen LogP contribution < -0.4 is 5.32 Å². The monoisotopic (exact) mass is 375 g/mol. The predicted molar refractivity (Wildman–Crippen MR) is 97.9 cm³/mol. The van der Waals surface area contributed by atoms with Gasteiger partial charge in [0.05, 0.1) is 5.92 Å². The third kappa shape index (κ3) is 3.43. The highest BCUT2D eigenvalue weighted by Gasteiger charge is 2.34. The van der Waals surface area contributed by atoms with E-state index in [4.69, 9.17) is 16.0 Å². The van der Waals surface area contributed by atoms with Gasteiger partial charge in [-0.15, -0.1) is 0 Å². The smallest absolute Gasteiger partial charge is 0.225 e. The van der Waals surface area contributed by atoms with Crippen LogP contribution in [0, 0.1) is 5.92 Å². The Balaban J connectivity index is 1.33. The molecule has 2 heterocycles. The number of benzene rings is 1. The zero-order valence-corrected chi connectivity index (χ0v) is 15.5. The van der Waals surface area contributed by atoms with Crippen molar-refractivity contribution in [1.82, 2.24) is 15.2 Å². The SMILES string of the molecule is CN1C[C@H](C(=O)N[C@H]2CC[C@H](c3nc4cc(Cl)ccc4o3)CC2)CC1=O. The molecular formula is C19H22ClN3O3. The number of hydrogen-bond donors (Lipinski definition) is 1. The summed E-state index contributed by atoms with van der Waals surface area (Å²) in [6.07, 6.45) is 3.96. The Bertz CT molecular complexity index is 842. The Morgan fingerprint density at radius 3 is 2.77 bits per heavy atom. The minimum atomic E-state index is -0.216. The van der Waals surface area contributed by atoms with Crippen LogP contribution >= 0.6 is 11.6 Å². The van der Waals surface area contributed by atoms with Crippen molar-refractivity contribution in [3.05, 3.63) is 29.1 Å². The summed E-state index contributed by atoms with van der Waals surface area (Å²) in [6, 6.07) is 5.63. The Hall–Kier alpha value is -2.08. The number of oxazole rings is 1. The molecule has 1 aliphatic heterocycles. The lowest BCUT2D eigenvalue weighted by molar-refractivity contribution is -0.128. The molecule has 1 saturated heterocycles. The van der Waals surface area contributed by atoms with E-state index in [0.717, 1.165) is 42.7 Å². The standard InChI is InChI=1S/C19H22ClN3O3/c1-23-10-12(8-17(23)24)18(25)21-14-5-2-11(3-6-14)19-22-15-9-13(20)4-7-16(15)26-19/h4,7,9,11-12,14H,2-3,5-6,8,10H2,1H3,(H,21,25)/t11-,12-,14-/m1/s1. The second kappa shape index (κ2) is 6.91. The van der Waals surface area contributed by atoms with E-state index in [0.29, 0.717) is 18.0 Å². The van der Waals surface area contributed by atoms with Crippen LogP contribution in [0.4, 0.5) is 0 Å². The minimum absolute atomic E-state index is 0.00246. The highest BCUT2D eigenvalue weighted by atomic mass is 35.5. The van der Waals surface area contributed by atoms with Crippen molar-refractivity contribution in [3.63, 3.8) is 0 Å². The number of carbonyl (C=O) groups excluding carboxylic acids is 2. The van der Waals surface area contributed by atoms with Crippen LogP contribution in [-0.4, -0.2) is 41.3 Å². The maximum atomic E-state index is 12.4. The van der Waals surface area contributed by atoms with Gasteiger partial charge >= 0.3 is 0 Å². The molecule has 2 aromatic rings. The van der Waals surface area contributed by atoms with Gasteiger partial charge < -0.3 is 14.6 Å². The maximum Gasteiger partial charge on any atom is 0.225 e. The second-order valence-corrected chi connectivity index (χ2v) is 7.83. The number of likely N-dealkylation sites (tertiary alicyclic amines) is 1. The quantitative estimate of drug-likeness (QED) is 0.894. The maximum absolute atomic E-state index is 12.4. The van der Waals surface area contributed by atoms with Crippen LogP contribution in [0.25, 0.3) is 11.1 Å². The number of fused-ring (bicyclic) bond motifs is 1. The second-order valence-electron chi connectivity index (χ2n) is 7.40. The number of halogens is 1. The number of rotatable bonds is 3. The molecule has 26 heavy (non-hydrogen) atoms. The molecule has 1 aromatic carbocycles. The molecular weight excluding hydrogens is 354 g/mol. The van der Waals surface area contributed by atoms with Gasteiger partial charge in [0.2, 0.25) is 11.8 Å². The fourth-order valence-electron chi connectivity index (χ4n) is 3.94. The number of hydrogen-bond acceptors (Lipinski definition) is 4. The molecule has 2 amide bonds. The fourth-order valence-corrected chi connectivity index (χ4v) is 4.10. The first-order chi connectivity index (χ1) is 12.5. The van der Waals surface area contributed by atoms with Gasteiger partial charge in [-0.3, -0.25) is 9.59 Å². The van der Waals surface area contributed by atoms with Gasteiger partial charge in [-0.2, -0.15) is 0 Å². The Labute approximate surface area is 156 Å². The van der Waals surface area contributed by atoms with E-state index in [2.05, 4.69) is 10.3 Å². The van der Waals surface area contributed by atoms with E-state index in [1.807, 2.05) is 12.1 Å². The van der Waals surface area contributed by atoms with Gasteiger partial charge in [0, 0.05) is 37.0 Å². The lowest BCUT2D eigenvalue weighted by Gasteiger charge is -2.28. The van der Waals surface area contributed by atoms with Crippen molar-refractivity contribution in [2.75, 3.05) is 13.6 Å². The Kier molecular flexibility index (Phi) is 4.61. The summed E-state index contributed by atoms with van der Waals surface area (Å²) in [4.78, 5) is 30.2. The van der Waals surface area contributed by atoms with Gasteiger partial charge in [-0.1, -0.05) is 11.6 Å². The molecule has 1 aliphatic carbocycles. The van der Waals surface area contributed by atoms with Gasteiger partial charge in [-0.25, -0.2) is 4.98 Å². The van der Waals surface area contributed by atoms with Crippen LogP contribution in [0.2, 0.25) is 5.02 Å². The molecule has 1 aromatic heterocycles. The van der Waals surface area contributed by atoms with Crippen LogP contribution in [-0.2, 0) is 9.59 Å². The van der Waals surface area contributed by atoms with E-state index in [-0.39, 0.29) is 29.7 Å². The highest BCUT2D eigenvalue weighted by molar-refractivity contribution is 6.31. The van der Waals surface area contributed by atoms with Crippen molar-refractivity contribution in [2.24, 2.45) is 5.92 Å². The summed E-state index contributed by atoms with van der Waals surface area (Å²) in [5.41, 5.74) is 1.55. The predicted octanol–water partition coefficient (Wildman–Crippen LogP) is 3.10. The number of amides is 2. The summed E-state index contributed by atoms with van der Waals surface area (Å²) >= 11 is 6.01. The molecule has 1 saturated carbocycles. The van der Waals surface area contributed by atoms with E-state index in [9.17, 15) is 9.59 Å². The molecule has 4 rings (SSSR count). The third-order valence-electron chi connectivity index (χ3n) is 5.50. The van der Waals surface area contributed by atoms with Gasteiger partial charge in [0.25, 0.3) is 0 Å². The zero-order chi connectivity index (χ0) is 18.3. The van der Waals surface area contributed by atoms with Crippen LogP contribution in [0.5, 0.6) is 0 Å². The minimum Gasteiger partial charge on any atom is -0.440 e. The van der Waals surface area contributed by atoms with Gasteiger partial charge in [0.1, 0.15) is 5.52 Å². The van der Waals surface area contributed by atoms with Crippen molar-refractivity contribution in [3.8, 4) is 0 Å². The summed E-state index contributed by atoms with van der Waals surface area (Å²) in [5.74, 6) is 0.864. The molecule has 7 heteroatoms. The first-order valence-electron chi connectivity index (χ1n) is 9.10. The molecule has 0 spiro atoms. The lowest BCUT2D eigenvalue weighted by atomic mass is 9.85. The first kappa shape index (κ1) is 17.3. The van der Waals surface area contributed by atoms with Crippen molar-refractivity contribution < 1.29 is 14.0 Å². The number of nitrogens with one attached hydrogen (secondary N) is 1. The average molecular weight is 376 g/mol. The van der Waals surface area contributed by atoms with Crippen molar-refractivity contribution >= 4 is 34.5 Å². The molecule has 138 valence electrons. The lowest BCUT2D eigenvalue weighted by Crippen LogP contribution is -2.41. The molecule has 1 N–H and O–H groups in total. The topological polar surface area (TPSA) is 75.4 Å². The van der Waals surface area contributed by atoms with Gasteiger partial charge in [-0.05, 0) is 43.9 Å². The van der Waals surface area contributed by atoms with E-state index < -0.39 is 0 Å². The molecule has 1 atom stereocenters. The largest absolute Gasteiger partial charge is 0.440 e. The molecule has 0 unspecified atom stereocenters. The van der Waals surface area contributed by atoms with E-state index in [1.54, 1.807) is 18.0 Å². The average Bonchev–Trinajstić information content (AvgIpc) is 3.19. The fraction of sp³-hybridized carbons (Fsp3) is 0.526. The number of aromatic nitrogens is 1. The summed E-state index contributed by atoms with van der Waals surface area (Å²) in [6.45, 7) is 0.519. The first-order valence-corrected chi connectivity index (χ1v) is 9.47.